The lowest BCUT2D eigenvalue weighted by molar-refractivity contribution is 0.475. The normalized spacial score (nSPS) is 12.4. The van der Waals surface area contributed by atoms with E-state index in [9.17, 15) is 0 Å². The molecule has 1 nitrogen and oxygen atoms in total. The molecular formula is C11H21N. The first kappa shape index (κ1) is 11.5. The third-order valence-electron chi connectivity index (χ3n) is 2.43. The summed E-state index contributed by atoms with van der Waals surface area (Å²) < 4.78 is 0. The van der Waals surface area contributed by atoms with Gasteiger partial charge in [-0.25, -0.2) is 0 Å². The maximum Gasteiger partial charge on any atom is 0.0621 e. The Labute approximate surface area is 76.8 Å². The van der Waals surface area contributed by atoms with E-state index in [0.717, 1.165) is 18.8 Å². The van der Waals surface area contributed by atoms with Crippen LogP contribution in [0, 0.1) is 17.2 Å². The van der Waals surface area contributed by atoms with Crippen molar-refractivity contribution in [1.82, 2.24) is 0 Å². The summed E-state index contributed by atoms with van der Waals surface area (Å²) >= 11 is 0. The van der Waals surface area contributed by atoms with E-state index in [1.807, 2.05) is 0 Å². The molecule has 0 rings (SSSR count). The summed E-state index contributed by atoms with van der Waals surface area (Å²) in [5, 5.41) is 8.30. The van der Waals surface area contributed by atoms with Crippen LogP contribution in [0.3, 0.4) is 0 Å². The number of unbranched alkanes of at least 4 members (excludes halogenated alkanes) is 4. The van der Waals surface area contributed by atoms with Crippen molar-refractivity contribution in [2.24, 2.45) is 5.92 Å². The van der Waals surface area contributed by atoms with Crippen LogP contribution in [0.2, 0.25) is 0 Å². The third kappa shape index (κ3) is 7.60. The van der Waals surface area contributed by atoms with Gasteiger partial charge in [0.05, 0.1) is 6.07 Å². The van der Waals surface area contributed by atoms with Gasteiger partial charge in [0, 0.05) is 6.42 Å². The molecule has 1 heteroatoms. The van der Waals surface area contributed by atoms with Gasteiger partial charge in [-0.15, -0.1) is 0 Å². The molecule has 0 radical (unpaired) electrons. The number of rotatable bonds is 7. The third-order valence-corrected chi connectivity index (χ3v) is 2.43. The van der Waals surface area contributed by atoms with E-state index >= 15 is 0 Å². The molecule has 0 fully saturated rings. The fourth-order valence-electron chi connectivity index (χ4n) is 1.25. The highest BCUT2D eigenvalue weighted by Crippen LogP contribution is 2.13. The van der Waals surface area contributed by atoms with Crippen molar-refractivity contribution >= 4 is 0 Å². The van der Waals surface area contributed by atoms with E-state index in [4.69, 9.17) is 5.26 Å². The molecule has 0 heterocycles. The topological polar surface area (TPSA) is 23.8 Å². The Hall–Kier alpha value is -0.510. The Kier molecular flexibility index (Phi) is 8.22. The number of hydrogen-bond donors (Lipinski definition) is 0. The molecule has 0 amide bonds. The van der Waals surface area contributed by atoms with Crippen molar-refractivity contribution in [3.8, 4) is 6.07 Å². The first-order valence-corrected chi connectivity index (χ1v) is 5.18. The van der Waals surface area contributed by atoms with Gasteiger partial charge in [-0.1, -0.05) is 46.0 Å². The fraction of sp³-hybridized carbons (Fsp3) is 0.909. The van der Waals surface area contributed by atoms with Crippen LogP contribution in [0.4, 0.5) is 0 Å². The second kappa shape index (κ2) is 8.59. The maximum absolute atomic E-state index is 8.30. The van der Waals surface area contributed by atoms with Crippen LogP contribution < -0.4 is 0 Å². The van der Waals surface area contributed by atoms with Gasteiger partial charge in [0.1, 0.15) is 0 Å². The van der Waals surface area contributed by atoms with E-state index in [1.54, 1.807) is 0 Å². The fourth-order valence-corrected chi connectivity index (χ4v) is 1.25. The van der Waals surface area contributed by atoms with Gasteiger partial charge in [0.25, 0.3) is 0 Å². The second-order valence-electron chi connectivity index (χ2n) is 3.62. The van der Waals surface area contributed by atoms with Crippen molar-refractivity contribution in [1.29, 1.82) is 5.26 Å². The predicted molar refractivity (Wildman–Crippen MR) is 52.8 cm³/mol. The highest BCUT2D eigenvalue weighted by atomic mass is 14.2. The summed E-state index contributed by atoms with van der Waals surface area (Å²) in [5.74, 6) is 0.890. The lowest BCUT2D eigenvalue weighted by Gasteiger charge is -2.06. The second-order valence-corrected chi connectivity index (χ2v) is 3.62. The monoisotopic (exact) mass is 167 g/mol. The molecule has 0 aromatic carbocycles. The van der Waals surface area contributed by atoms with Crippen LogP contribution in [0.15, 0.2) is 0 Å². The highest BCUT2D eigenvalue weighted by molar-refractivity contribution is 4.67. The zero-order valence-electron chi connectivity index (χ0n) is 8.47. The van der Waals surface area contributed by atoms with Crippen molar-refractivity contribution < 1.29 is 0 Å². The first-order valence-electron chi connectivity index (χ1n) is 5.18. The highest BCUT2D eigenvalue weighted by Gasteiger charge is 1.97. The van der Waals surface area contributed by atoms with Crippen molar-refractivity contribution in [3.05, 3.63) is 0 Å². The minimum Gasteiger partial charge on any atom is -0.198 e. The van der Waals surface area contributed by atoms with Crippen LogP contribution in [0.5, 0.6) is 0 Å². The zero-order valence-corrected chi connectivity index (χ0v) is 8.47. The van der Waals surface area contributed by atoms with Gasteiger partial charge >= 0.3 is 0 Å². The Morgan fingerprint density at radius 3 is 2.42 bits per heavy atom. The van der Waals surface area contributed by atoms with E-state index in [2.05, 4.69) is 19.9 Å². The average Bonchev–Trinajstić information content (AvgIpc) is 2.10. The van der Waals surface area contributed by atoms with Crippen molar-refractivity contribution in [3.63, 3.8) is 0 Å². The molecule has 0 saturated heterocycles. The van der Waals surface area contributed by atoms with E-state index in [1.165, 1.54) is 32.1 Å². The van der Waals surface area contributed by atoms with Crippen LogP contribution in [0.25, 0.3) is 0 Å². The minimum atomic E-state index is 0.739. The maximum atomic E-state index is 8.30. The predicted octanol–water partition coefficient (Wildman–Crippen LogP) is 3.90. The lowest BCUT2D eigenvalue weighted by atomic mass is 10.0. The Balaban J connectivity index is 2.96. The number of hydrogen-bond acceptors (Lipinski definition) is 1. The van der Waals surface area contributed by atoms with Crippen LogP contribution in [0.1, 0.15) is 58.8 Å². The van der Waals surface area contributed by atoms with Crippen LogP contribution in [-0.4, -0.2) is 0 Å². The molecule has 0 N–H and O–H groups in total. The summed E-state index contributed by atoms with van der Waals surface area (Å²) in [6.45, 7) is 4.57. The molecular weight excluding hydrogens is 146 g/mol. The summed E-state index contributed by atoms with van der Waals surface area (Å²) in [4.78, 5) is 0. The Morgan fingerprint density at radius 2 is 1.83 bits per heavy atom. The largest absolute Gasteiger partial charge is 0.198 e. The number of nitrogens with zero attached hydrogens (tertiary/aromatic N) is 1. The van der Waals surface area contributed by atoms with Crippen molar-refractivity contribution in [2.75, 3.05) is 0 Å². The summed E-state index contributed by atoms with van der Waals surface area (Å²) in [6, 6.07) is 2.18. The smallest absolute Gasteiger partial charge is 0.0621 e. The van der Waals surface area contributed by atoms with Gasteiger partial charge in [0.15, 0.2) is 0 Å². The zero-order chi connectivity index (χ0) is 9.23. The quantitative estimate of drug-likeness (QED) is 0.527. The first-order chi connectivity index (χ1) is 5.81. The van der Waals surface area contributed by atoms with Gasteiger partial charge in [-0.05, 0) is 12.3 Å². The molecule has 70 valence electrons. The van der Waals surface area contributed by atoms with Gasteiger partial charge in [0.2, 0.25) is 0 Å². The molecule has 0 spiro atoms. The molecule has 0 aliphatic carbocycles. The molecule has 0 aromatic rings. The molecule has 0 aliphatic heterocycles. The molecule has 0 aliphatic rings. The van der Waals surface area contributed by atoms with Gasteiger partial charge in [-0.2, -0.15) is 5.26 Å². The van der Waals surface area contributed by atoms with Crippen molar-refractivity contribution in [2.45, 2.75) is 58.8 Å². The Morgan fingerprint density at radius 1 is 1.17 bits per heavy atom. The van der Waals surface area contributed by atoms with E-state index < -0.39 is 0 Å². The molecule has 1 atom stereocenters. The van der Waals surface area contributed by atoms with Gasteiger partial charge in [-0.3, -0.25) is 0 Å². The molecule has 0 saturated carbocycles. The van der Waals surface area contributed by atoms with E-state index in [-0.39, 0.29) is 0 Å². The molecule has 0 aromatic heterocycles. The summed E-state index contributed by atoms with van der Waals surface area (Å²) in [5.41, 5.74) is 0. The summed E-state index contributed by atoms with van der Waals surface area (Å²) in [7, 11) is 0. The SMILES string of the molecule is CC[C@H](C)CCCCCCC#N. The van der Waals surface area contributed by atoms with Crippen LogP contribution >= 0.6 is 0 Å². The molecule has 12 heavy (non-hydrogen) atoms. The average molecular weight is 167 g/mol. The number of nitriles is 1. The van der Waals surface area contributed by atoms with Crippen LogP contribution in [-0.2, 0) is 0 Å². The van der Waals surface area contributed by atoms with Gasteiger partial charge < -0.3 is 0 Å². The lowest BCUT2D eigenvalue weighted by Crippen LogP contribution is -1.91. The molecule has 0 unspecified atom stereocenters. The Bertz CT molecular complexity index is 123. The van der Waals surface area contributed by atoms with E-state index in [0.29, 0.717) is 0 Å². The summed E-state index contributed by atoms with van der Waals surface area (Å²) in [6.07, 6.45) is 8.40. The minimum absolute atomic E-state index is 0.739. The standard InChI is InChI=1S/C11H21N/c1-3-11(2)9-7-5-4-6-8-10-12/h11H,3-9H2,1-2H3/t11-/m0/s1. The molecule has 0 bridgehead atoms.